The lowest BCUT2D eigenvalue weighted by atomic mass is 10.2. The van der Waals surface area contributed by atoms with Gasteiger partial charge >= 0.3 is 12.2 Å². The normalized spacial score (nSPS) is 12.5. The van der Waals surface area contributed by atoms with E-state index in [1.807, 2.05) is 6.92 Å². The highest BCUT2D eigenvalue weighted by Crippen LogP contribution is 2.06. The third-order valence-corrected chi connectivity index (χ3v) is 1.89. The number of carbonyl (C=O) groups is 2. The van der Waals surface area contributed by atoms with Crippen LogP contribution in [0.15, 0.2) is 0 Å². The smallest absolute Gasteiger partial charge is 0.407 e. The van der Waals surface area contributed by atoms with Crippen molar-refractivity contribution in [2.24, 2.45) is 0 Å². The van der Waals surface area contributed by atoms with Crippen LogP contribution in [0.25, 0.3) is 0 Å². The third kappa shape index (κ3) is 8.36. The van der Waals surface area contributed by atoms with E-state index < -0.39 is 17.8 Å². The first-order chi connectivity index (χ1) is 7.78. The van der Waals surface area contributed by atoms with E-state index in [1.165, 1.54) is 7.11 Å². The molecule has 0 aromatic rings. The predicted octanol–water partition coefficient (Wildman–Crippen LogP) is 1.65. The molecule has 2 amide bonds. The first kappa shape index (κ1) is 15.5. The molecule has 0 rings (SSSR count). The molecule has 0 fully saturated rings. The minimum Gasteiger partial charge on any atom is -0.453 e. The number of hydrogen-bond acceptors (Lipinski definition) is 4. The van der Waals surface area contributed by atoms with Crippen LogP contribution in [0.4, 0.5) is 9.59 Å². The van der Waals surface area contributed by atoms with Crippen molar-refractivity contribution >= 4 is 12.2 Å². The number of carbonyl (C=O) groups excluding carboxylic acids is 2. The Morgan fingerprint density at radius 2 is 1.82 bits per heavy atom. The van der Waals surface area contributed by atoms with E-state index in [0.717, 1.165) is 0 Å². The van der Waals surface area contributed by atoms with Crippen LogP contribution < -0.4 is 10.6 Å². The second kappa shape index (κ2) is 6.98. The summed E-state index contributed by atoms with van der Waals surface area (Å²) in [6.45, 7) is 7.57. The fraction of sp³-hybridized carbons (Fsp3) is 0.818. The van der Waals surface area contributed by atoms with Gasteiger partial charge in [0.25, 0.3) is 0 Å². The van der Waals surface area contributed by atoms with Crippen LogP contribution in [0.2, 0.25) is 0 Å². The molecule has 6 nitrogen and oxygen atoms in total. The predicted molar refractivity (Wildman–Crippen MR) is 63.9 cm³/mol. The summed E-state index contributed by atoms with van der Waals surface area (Å²) >= 11 is 0. The van der Waals surface area contributed by atoms with E-state index in [9.17, 15) is 9.59 Å². The maximum absolute atomic E-state index is 11.4. The van der Waals surface area contributed by atoms with E-state index in [4.69, 9.17) is 4.74 Å². The Labute approximate surface area is 102 Å². The van der Waals surface area contributed by atoms with Crippen molar-refractivity contribution < 1.29 is 19.1 Å². The SMILES string of the molecule is CC[C@@H](CNC(=O)OC(C)(C)C)NC(=O)OC. The quantitative estimate of drug-likeness (QED) is 0.790. The van der Waals surface area contributed by atoms with Gasteiger partial charge in [0, 0.05) is 12.6 Å². The minimum absolute atomic E-state index is 0.171. The number of hydrogen-bond donors (Lipinski definition) is 2. The molecule has 0 bridgehead atoms. The molecule has 1 atom stereocenters. The van der Waals surface area contributed by atoms with E-state index in [1.54, 1.807) is 20.8 Å². The Kier molecular flexibility index (Phi) is 6.38. The fourth-order valence-corrected chi connectivity index (χ4v) is 1.04. The average molecular weight is 246 g/mol. The summed E-state index contributed by atoms with van der Waals surface area (Å²) in [5, 5.41) is 5.19. The molecule has 0 aliphatic heterocycles. The number of methoxy groups -OCH3 is 1. The highest BCUT2D eigenvalue weighted by molar-refractivity contribution is 5.69. The Morgan fingerprint density at radius 3 is 2.24 bits per heavy atom. The summed E-state index contributed by atoms with van der Waals surface area (Å²) in [6, 6.07) is -0.171. The lowest BCUT2D eigenvalue weighted by molar-refractivity contribution is 0.0521. The van der Waals surface area contributed by atoms with Gasteiger partial charge in [-0.1, -0.05) is 6.92 Å². The van der Waals surface area contributed by atoms with Gasteiger partial charge in [-0.05, 0) is 27.2 Å². The van der Waals surface area contributed by atoms with Crippen LogP contribution in [0.5, 0.6) is 0 Å². The van der Waals surface area contributed by atoms with Gasteiger partial charge in [0.1, 0.15) is 5.60 Å². The van der Waals surface area contributed by atoms with Gasteiger partial charge < -0.3 is 20.1 Å². The molecule has 0 aromatic carbocycles. The molecule has 0 heterocycles. The minimum atomic E-state index is -0.526. The summed E-state index contributed by atoms with van der Waals surface area (Å²) in [4.78, 5) is 22.3. The molecule has 0 aliphatic carbocycles. The first-order valence-electron chi connectivity index (χ1n) is 5.59. The van der Waals surface area contributed by atoms with Crippen LogP contribution in [-0.4, -0.2) is 37.5 Å². The van der Waals surface area contributed by atoms with Gasteiger partial charge in [-0.3, -0.25) is 0 Å². The number of rotatable bonds is 4. The van der Waals surface area contributed by atoms with Crippen molar-refractivity contribution in [2.75, 3.05) is 13.7 Å². The topological polar surface area (TPSA) is 76.7 Å². The number of alkyl carbamates (subject to hydrolysis) is 2. The summed E-state index contributed by atoms with van der Waals surface area (Å²) in [6.07, 6.45) is -0.323. The summed E-state index contributed by atoms with van der Waals surface area (Å²) < 4.78 is 9.55. The molecule has 0 aliphatic rings. The molecule has 17 heavy (non-hydrogen) atoms. The molecule has 0 unspecified atom stereocenters. The van der Waals surface area contributed by atoms with Crippen molar-refractivity contribution in [3.8, 4) is 0 Å². The van der Waals surface area contributed by atoms with Gasteiger partial charge in [0.15, 0.2) is 0 Å². The fourth-order valence-electron chi connectivity index (χ4n) is 1.04. The zero-order valence-electron chi connectivity index (χ0n) is 11.1. The monoisotopic (exact) mass is 246 g/mol. The van der Waals surface area contributed by atoms with Crippen LogP contribution in [0.3, 0.4) is 0 Å². The van der Waals surface area contributed by atoms with Crippen molar-refractivity contribution in [1.82, 2.24) is 10.6 Å². The van der Waals surface area contributed by atoms with E-state index in [0.29, 0.717) is 13.0 Å². The highest BCUT2D eigenvalue weighted by Gasteiger charge is 2.17. The van der Waals surface area contributed by atoms with Gasteiger partial charge in [-0.25, -0.2) is 9.59 Å². The summed E-state index contributed by atoms with van der Waals surface area (Å²) in [7, 11) is 1.29. The van der Waals surface area contributed by atoms with Crippen molar-refractivity contribution in [1.29, 1.82) is 0 Å². The van der Waals surface area contributed by atoms with E-state index >= 15 is 0 Å². The second-order valence-electron chi connectivity index (χ2n) is 4.62. The number of nitrogens with one attached hydrogen (secondary N) is 2. The highest BCUT2D eigenvalue weighted by atomic mass is 16.6. The van der Waals surface area contributed by atoms with Gasteiger partial charge in [0.05, 0.1) is 7.11 Å². The standard InChI is InChI=1S/C11H22N2O4/c1-6-8(13-10(15)16-5)7-12-9(14)17-11(2,3)4/h8H,6-7H2,1-5H3,(H,12,14)(H,13,15)/t8-/m0/s1. The average Bonchev–Trinajstić information content (AvgIpc) is 2.21. The lowest BCUT2D eigenvalue weighted by Crippen LogP contribution is -2.44. The Morgan fingerprint density at radius 1 is 1.24 bits per heavy atom. The van der Waals surface area contributed by atoms with Crippen molar-refractivity contribution in [3.63, 3.8) is 0 Å². The van der Waals surface area contributed by atoms with Crippen LogP contribution >= 0.6 is 0 Å². The maximum Gasteiger partial charge on any atom is 0.407 e. The lowest BCUT2D eigenvalue weighted by Gasteiger charge is -2.21. The molecular formula is C11H22N2O4. The molecule has 0 aromatic heterocycles. The Bertz CT molecular complexity index is 261. The van der Waals surface area contributed by atoms with Gasteiger partial charge in [-0.2, -0.15) is 0 Å². The van der Waals surface area contributed by atoms with Crippen molar-refractivity contribution in [2.45, 2.75) is 45.8 Å². The second-order valence-corrected chi connectivity index (χ2v) is 4.62. The number of amides is 2. The summed E-state index contributed by atoms with van der Waals surface area (Å²) in [5.74, 6) is 0. The zero-order valence-corrected chi connectivity index (χ0v) is 11.1. The molecule has 2 N–H and O–H groups in total. The van der Waals surface area contributed by atoms with E-state index in [2.05, 4.69) is 15.4 Å². The molecule has 0 saturated carbocycles. The van der Waals surface area contributed by atoms with Crippen LogP contribution in [-0.2, 0) is 9.47 Å². The first-order valence-corrected chi connectivity index (χ1v) is 5.59. The van der Waals surface area contributed by atoms with E-state index in [-0.39, 0.29) is 6.04 Å². The largest absolute Gasteiger partial charge is 0.453 e. The maximum atomic E-state index is 11.4. The van der Waals surface area contributed by atoms with Crippen molar-refractivity contribution in [3.05, 3.63) is 0 Å². The molecule has 0 spiro atoms. The molecule has 0 radical (unpaired) electrons. The van der Waals surface area contributed by atoms with Crippen LogP contribution in [0, 0.1) is 0 Å². The Balaban J connectivity index is 3.98. The van der Waals surface area contributed by atoms with Crippen LogP contribution in [0.1, 0.15) is 34.1 Å². The number of ether oxygens (including phenoxy) is 2. The Hall–Kier alpha value is -1.46. The molecular weight excluding hydrogens is 224 g/mol. The van der Waals surface area contributed by atoms with Gasteiger partial charge in [-0.15, -0.1) is 0 Å². The zero-order chi connectivity index (χ0) is 13.5. The summed E-state index contributed by atoms with van der Waals surface area (Å²) in [5.41, 5.74) is -0.526. The molecule has 6 heteroatoms. The molecule has 100 valence electrons. The third-order valence-electron chi connectivity index (χ3n) is 1.89. The molecule has 0 saturated heterocycles. The van der Waals surface area contributed by atoms with Gasteiger partial charge in [0.2, 0.25) is 0 Å².